The number of fused-ring (bicyclic) bond motifs is 1. The summed E-state index contributed by atoms with van der Waals surface area (Å²) in [5, 5.41) is 5.51. The molecule has 2 atom stereocenters. The van der Waals surface area contributed by atoms with Crippen LogP contribution in [0.3, 0.4) is 0 Å². The van der Waals surface area contributed by atoms with Crippen molar-refractivity contribution in [2.75, 3.05) is 13.1 Å². The molecule has 0 spiro atoms. The van der Waals surface area contributed by atoms with Gasteiger partial charge in [-0.2, -0.15) is 0 Å². The maximum atomic E-state index is 12.5. The molecule has 3 heterocycles. The molecule has 1 fully saturated rings. The minimum absolute atomic E-state index is 0.0499. The van der Waals surface area contributed by atoms with E-state index in [1.807, 2.05) is 16.2 Å². The Morgan fingerprint density at radius 3 is 3.28 bits per heavy atom. The summed E-state index contributed by atoms with van der Waals surface area (Å²) in [5.74, 6) is 0.972. The number of carbonyl (C=O) groups is 1. The number of hydrogen-bond donors (Lipinski definition) is 1. The van der Waals surface area contributed by atoms with Crippen LogP contribution in [0.5, 0.6) is 0 Å². The Morgan fingerprint density at radius 1 is 1.56 bits per heavy atom. The van der Waals surface area contributed by atoms with Crippen molar-refractivity contribution in [1.82, 2.24) is 10.2 Å². The van der Waals surface area contributed by atoms with Gasteiger partial charge in [0, 0.05) is 18.0 Å². The molecule has 1 N–H and O–H groups in total. The molecule has 1 aromatic rings. The Balaban J connectivity index is 1.67. The molecule has 2 unspecified atom stereocenters. The highest BCUT2D eigenvalue weighted by atomic mass is 32.1. The number of hydrogen-bond acceptors (Lipinski definition) is 3. The van der Waals surface area contributed by atoms with Crippen molar-refractivity contribution in [2.45, 2.75) is 38.8 Å². The minimum atomic E-state index is 0.0499. The Kier molecular flexibility index (Phi) is 3.39. The number of carbonyl (C=O) groups excluding carboxylic acids is 1. The molecule has 4 heteroatoms. The van der Waals surface area contributed by atoms with Gasteiger partial charge >= 0.3 is 0 Å². The number of nitrogens with zero attached hydrogens (tertiary/aromatic N) is 1. The lowest BCUT2D eigenvalue weighted by Gasteiger charge is -2.34. The van der Waals surface area contributed by atoms with Crippen LogP contribution in [0.25, 0.3) is 0 Å². The zero-order chi connectivity index (χ0) is 12.5. The molecule has 0 saturated carbocycles. The van der Waals surface area contributed by atoms with Gasteiger partial charge in [0.2, 0.25) is 5.91 Å². The monoisotopic (exact) mass is 264 g/mol. The molecule has 3 nitrogen and oxygen atoms in total. The van der Waals surface area contributed by atoms with Crippen molar-refractivity contribution in [3.63, 3.8) is 0 Å². The van der Waals surface area contributed by atoms with E-state index in [4.69, 9.17) is 0 Å². The third-order valence-electron chi connectivity index (χ3n) is 4.08. The van der Waals surface area contributed by atoms with E-state index in [0.717, 1.165) is 32.5 Å². The zero-order valence-electron chi connectivity index (χ0n) is 10.8. The number of amides is 1. The molecule has 18 heavy (non-hydrogen) atoms. The topological polar surface area (TPSA) is 32.3 Å². The predicted octanol–water partition coefficient (Wildman–Crippen LogP) is 2.02. The second-order valence-electron chi connectivity index (χ2n) is 5.52. The average molecular weight is 264 g/mol. The summed E-state index contributed by atoms with van der Waals surface area (Å²) in [7, 11) is 0. The molecule has 1 amide bonds. The second kappa shape index (κ2) is 5.02. The van der Waals surface area contributed by atoms with Crippen LogP contribution >= 0.6 is 11.3 Å². The number of nitrogens with one attached hydrogen (secondary N) is 1. The highest BCUT2D eigenvalue weighted by molar-refractivity contribution is 7.10. The minimum Gasteiger partial charge on any atom is -0.337 e. The average Bonchev–Trinajstić information content (AvgIpc) is 2.85. The largest absolute Gasteiger partial charge is 0.337 e. The predicted molar refractivity (Wildman–Crippen MR) is 73.6 cm³/mol. The highest BCUT2D eigenvalue weighted by Crippen LogP contribution is 2.25. The molecule has 0 radical (unpaired) electrons. The van der Waals surface area contributed by atoms with Gasteiger partial charge in [0.25, 0.3) is 0 Å². The number of rotatable bonds is 1. The molecular weight excluding hydrogens is 244 g/mol. The first kappa shape index (κ1) is 12.2. The quantitative estimate of drug-likeness (QED) is 0.841. The van der Waals surface area contributed by atoms with Crippen molar-refractivity contribution < 1.29 is 4.79 Å². The summed E-state index contributed by atoms with van der Waals surface area (Å²) in [6.45, 7) is 4.92. The standard InChI is InChI=1S/C14H20N2OS/c1-10-2-5-15-12(8-10)14(17)16-6-3-13-11(9-16)4-7-18-13/h4,7,10,12,15H,2-3,5-6,8-9H2,1H3. The first-order valence-corrected chi connectivity index (χ1v) is 7.69. The van der Waals surface area contributed by atoms with Gasteiger partial charge in [-0.1, -0.05) is 6.92 Å². The number of thiophene rings is 1. The van der Waals surface area contributed by atoms with Crippen LogP contribution in [0, 0.1) is 5.92 Å². The Morgan fingerprint density at radius 2 is 2.44 bits per heavy atom. The van der Waals surface area contributed by atoms with Gasteiger partial charge in [-0.05, 0) is 48.7 Å². The fourth-order valence-corrected chi connectivity index (χ4v) is 3.84. The van der Waals surface area contributed by atoms with Gasteiger partial charge in [-0.25, -0.2) is 0 Å². The fraction of sp³-hybridized carbons (Fsp3) is 0.643. The maximum absolute atomic E-state index is 12.5. The molecule has 2 aliphatic rings. The van der Waals surface area contributed by atoms with Gasteiger partial charge in [-0.3, -0.25) is 4.79 Å². The Labute approximate surface area is 112 Å². The van der Waals surface area contributed by atoms with E-state index in [0.29, 0.717) is 11.8 Å². The van der Waals surface area contributed by atoms with Gasteiger partial charge in [0.15, 0.2) is 0 Å². The first-order chi connectivity index (χ1) is 8.74. The second-order valence-corrected chi connectivity index (χ2v) is 6.52. The maximum Gasteiger partial charge on any atom is 0.240 e. The van der Waals surface area contributed by atoms with Crippen LogP contribution in [-0.2, 0) is 17.8 Å². The van der Waals surface area contributed by atoms with E-state index in [9.17, 15) is 4.79 Å². The van der Waals surface area contributed by atoms with Gasteiger partial charge in [0.05, 0.1) is 6.04 Å². The van der Waals surface area contributed by atoms with Crippen molar-refractivity contribution in [3.05, 3.63) is 21.9 Å². The van der Waals surface area contributed by atoms with Crippen molar-refractivity contribution >= 4 is 17.2 Å². The molecule has 1 saturated heterocycles. The van der Waals surface area contributed by atoms with Crippen LogP contribution in [0.15, 0.2) is 11.4 Å². The molecule has 0 aromatic carbocycles. The van der Waals surface area contributed by atoms with Crippen LogP contribution in [0.2, 0.25) is 0 Å². The first-order valence-electron chi connectivity index (χ1n) is 6.81. The molecule has 0 bridgehead atoms. The van der Waals surface area contributed by atoms with Crippen LogP contribution < -0.4 is 5.32 Å². The number of piperidine rings is 1. The summed E-state index contributed by atoms with van der Waals surface area (Å²) >= 11 is 1.82. The summed E-state index contributed by atoms with van der Waals surface area (Å²) in [6.07, 6.45) is 3.21. The molecule has 0 aliphatic carbocycles. The molecule has 2 aliphatic heterocycles. The molecule has 98 valence electrons. The third-order valence-corrected chi connectivity index (χ3v) is 5.11. The van der Waals surface area contributed by atoms with Gasteiger partial charge in [-0.15, -0.1) is 11.3 Å². The summed E-state index contributed by atoms with van der Waals surface area (Å²) < 4.78 is 0. The van der Waals surface area contributed by atoms with Crippen LogP contribution in [0.4, 0.5) is 0 Å². The molecular formula is C14H20N2OS. The van der Waals surface area contributed by atoms with Crippen molar-refractivity contribution in [1.29, 1.82) is 0 Å². The SMILES string of the molecule is CC1CCNC(C(=O)N2CCc3sccc3C2)C1. The summed E-state index contributed by atoms with van der Waals surface area (Å²) in [6, 6.07) is 2.21. The van der Waals surface area contributed by atoms with E-state index in [1.165, 1.54) is 16.9 Å². The van der Waals surface area contributed by atoms with E-state index in [-0.39, 0.29) is 6.04 Å². The fourth-order valence-electron chi connectivity index (χ4n) is 2.95. The smallest absolute Gasteiger partial charge is 0.240 e. The molecule has 3 rings (SSSR count). The van der Waals surface area contributed by atoms with E-state index >= 15 is 0 Å². The van der Waals surface area contributed by atoms with E-state index in [2.05, 4.69) is 23.7 Å². The van der Waals surface area contributed by atoms with E-state index in [1.54, 1.807) is 0 Å². The van der Waals surface area contributed by atoms with Gasteiger partial charge < -0.3 is 10.2 Å². The lowest BCUT2D eigenvalue weighted by atomic mass is 9.93. The van der Waals surface area contributed by atoms with Crippen LogP contribution in [0.1, 0.15) is 30.2 Å². The zero-order valence-corrected chi connectivity index (χ0v) is 11.6. The van der Waals surface area contributed by atoms with Crippen molar-refractivity contribution in [3.8, 4) is 0 Å². The third kappa shape index (κ3) is 2.31. The van der Waals surface area contributed by atoms with Crippen LogP contribution in [-0.4, -0.2) is 29.9 Å². The van der Waals surface area contributed by atoms with E-state index < -0.39 is 0 Å². The summed E-state index contributed by atoms with van der Waals surface area (Å²) in [4.78, 5) is 16.0. The highest BCUT2D eigenvalue weighted by Gasteiger charge is 2.30. The normalized spacial score (nSPS) is 27.9. The lowest BCUT2D eigenvalue weighted by Crippen LogP contribution is -2.51. The Bertz CT molecular complexity index is 443. The van der Waals surface area contributed by atoms with Crippen molar-refractivity contribution in [2.24, 2.45) is 5.92 Å². The molecule has 1 aromatic heterocycles. The lowest BCUT2D eigenvalue weighted by molar-refractivity contribution is -0.135. The Hall–Kier alpha value is -0.870. The van der Waals surface area contributed by atoms with Gasteiger partial charge in [0.1, 0.15) is 0 Å². The summed E-state index contributed by atoms with van der Waals surface area (Å²) in [5.41, 5.74) is 1.35.